The van der Waals surface area contributed by atoms with Gasteiger partial charge in [0, 0.05) is 17.1 Å². The minimum absolute atomic E-state index is 0.0696. The SMILES string of the molecule is CCn1nc(C)c(Br)c1COc1ccc(Br)cc1[N+](=O)[O-]. The molecule has 2 rings (SSSR count). The van der Waals surface area contributed by atoms with Crippen LogP contribution in [0.25, 0.3) is 0 Å². The van der Waals surface area contributed by atoms with Gasteiger partial charge in [0.1, 0.15) is 6.61 Å². The summed E-state index contributed by atoms with van der Waals surface area (Å²) in [5.41, 5.74) is 1.65. The summed E-state index contributed by atoms with van der Waals surface area (Å²) in [6.07, 6.45) is 0. The fraction of sp³-hybridized carbons (Fsp3) is 0.308. The van der Waals surface area contributed by atoms with E-state index in [1.54, 1.807) is 12.1 Å². The molecule has 1 heterocycles. The van der Waals surface area contributed by atoms with Crippen LogP contribution in [0.1, 0.15) is 18.3 Å². The summed E-state index contributed by atoms with van der Waals surface area (Å²) in [6, 6.07) is 4.71. The van der Waals surface area contributed by atoms with E-state index in [1.807, 2.05) is 18.5 Å². The molecule has 0 spiro atoms. The molecule has 8 heteroatoms. The Morgan fingerprint density at radius 1 is 1.43 bits per heavy atom. The molecule has 0 aliphatic carbocycles. The van der Waals surface area contributed by atoms with Gasteiger partial charge in [-0.05, 0) is 41.9 Å². The molecule has 2 aromatic rings. The number of rotatable bonds is 5. The lowest BCUT2D eigenvalue weighted by Gasteiger charge is -2.09. The molecule has 0 atom stereocenters. The maximum absolute atomic E-state index is 11.1. The van der Waals surface area contributed by atoms with E-state index in [0.29, 0.717) is 11.0 Å². The highest BCUT2D eigenvalue weighted by atomic mass is 79.9. The van der Waals surface area contributed by atoms with Crippen LogP contribution in [-0.4, -0.2) is 14.7 Å². The highest BCUT2D eigenvalue weighted by Crippen LogP contribution is 2.31. The second-order valence-corrected chi connectivity index (χ2v) is 6.03. The summed E-state index contributed by atoms with van der Waals surface area (Å²) in [5, 5.41) is 15.4. The van der Waals surface area contributed by atoms with E-state index in [0.717, 1.165) is 15.9 Å². The van der Waals surface area contributed by atoms with Gasteiger partial charge in [-0.1, -0.05) is 15.9 Å². The van der Waals surface area contributed by atoms with Crippen molar-refractivity contribution in [2.45, 2.75) is 27.0 Å². The first-order valence-electron chi connectivity index (χ1n) is 6.22. The summed E-state index contributed by atoms with van der Waals surface area (Å²) in [5.74, 6) is 0.233. The van der Waals surface area contributed by atoms with Crippen molar-refractivity contribution in [1.82, 2.24) is 9.78 Å². The fourth-order valence-electron chi connectivity index (χ4n) is 1.91. The Morgan fingerprint density at radius 2 is 2.14 bits per heavy atom. The lowest BCUT2D eigenvalue weighted by atomic mass is 10.3. The van der Waals surface area contributed by atoms with Gasteiger partial charge in [-0.3, -0.25) is 14.8 Å². The van der Waals surface area contributed by atoms with Crippen LogP contribution in [0.4, 0.5) is 5.69 Å². The van der Waals surface area contributed by atoms with Gasteiger partial charge in [-0.2, -0.15) is 5.10 Å². The van der Waals surface area contributed by atoms with Gasteiger partial charge in [0.2, 0.25) is 0 Å². The molecule has 6 nitrogen and oxygen atoms in total. The maximum Gasteiger partial charge on any atom is 0.312 e. The maximum atomic E-state index is 11.1. The molecule has 0 N–H and O–H groups in total. The molecule has 0 saturated carbocycles. The van der Waals surface area contributed by atoms with E-state index in [4.69, 9.17) is 4.74 Å². The normalized spacial score (nSPS) is 10.7. The van der Waals surface area contributed by atoms with Crippen molar-refractivity contribution in [2.75, 3.05) is 0 Å². The van der Waals surface area contributed by atoms with Crippen molar-refractivity contribution in [3.8, 4) is 5.75 Å². The van der Waals surface area contributed by atoms with Gasteiger partial charge in [-0.25, -0.2) is 0 Å². The number of hydrogen-bond donors (Lipinski definition) is 0. The Morgan fingerprint density at radius 3 is 2.76 bits per heavy atom. The molecule has 0 unspecified atom stereocenters. The Labute approximate surface area is 138 Å². The Hall–Kier alpha value is -1.41. The molecule has 21 heavy (non-hydrogen) atoms. The summed E-state index contributed by atoms with van der Waals surface area (Å²) in [6.45, 7) is 4.78. The van der Waals surface area contributed by atoms with Crippen LogP contribution in [0.15, 0.2) is 27.1 Å². The predicted octanol–water partition coefficient (Wildman–Crippen LogP) is 4.22. The average molecular weight is 419 g/mol. The van der Waals surface area contributed by atoms with Crippen LogP contribution in [0, 0.1) is 17.0 Å². The van der Waals surface area contributed by atoms with Gasteiger partial charge < -0.3 is 4.74 Å². The zero-order valence-electron chi connectivity index (χ0n) is 11.5. The molecule has 0 radical (unpaired) electrons. The zero-order chi connectivity index (χ0) is 15.6. The molecule has 1 aromatic carbocycles. The molecule has 112 valence electrons. The Bertz CT molecular complexity index is 686. The van der Waals surface area contributed by atoms with E-state index in [-0.39, 0.29) is 18.0 Å². The third kappa shape index (κ3) is 3.44. The highest BCUT2D eigenvalue weighted by molar-refractivity contribution is 9.10. The van der Waals surface area contributed by atoms with Crippen molar-refractivity contribution in [2.24, 2.45) is 0 Å². The number of nitrogens with zero attached hydrogens (tertiary/aromatic N) is 3. The number of benzene rings is 1. The van der Waals surface area contributed by atoms with E-state index >= 15 is 0 Å². The van der Waals surface area contributed by atoms with Gasteiger partial charge >= 0.3 is 5.69 Å². The number of aryl methyl sites for hydroxylation is 2. The first-order chi connectivity index (χ1) is 9.93. The standard InChI is InChI=1S/C13H13Br2N3O3/c1-3-17-11(13(15)8(2)16-17)7-21-12-5-4-9(14)6-10(12)18(19)20/h4-6H,3,7H2,1-2H3. The molecule has 0 amide bonds. The Balaban J connectivity index is 2.27. The second-order valence-electron chi connectivity index (χ2n) is 4.32. The number of aromatic nitrogens is 2. The number of ether oxygens (including phenoxy) is 1. The number of halogens is 2. The van der Waals surface area contributed by atoms with Gasteiger partial charge in [0.15, 0.2) is 5.75 Å². The summed E-state index contributed by atoms with van der Waals surface area (Å²) >= 11 is 6.69. The van der Waals surface area contributed by atoms with Crippen LogP contribution >= 0.6 is 31.9 Å². The van der Waals surface area contributed by atoms with E-state index < -0.39 is 4.92 Å². The van der Waals surface area contributed by atoms with Crippen molar-refractivity contribution < 1.29 is 9.66 Å². The zero-order valence-corrected chi connectivity index (χ0v) is 14.6. The van der Waals surface area contributed by atoms with Gasteiger partial charge in [0.25, 0.3) is 0 Å². The van der Waals surface area contributed by atoms with E-state index in [2.05, 4.69) is 37.0 Å². The number of hydrogen-bond acceptors (Lipinski definition) is 4. The molecule has 0 saturated heterocycles. The highest BCUT2D eigenvalue weighted by Gasteiger charge is 2.18. The molecule has 1 aromatic heterocycles. The third-order valence-electron chi connectivity index (χ3n) is 2.93. The predicted molar refractivity (Wildman–Crippen MR) is 85.5 cm³/mol. The quantitative estimate of drug-likeness (QED) is 0.538. The van der Waals surface area contributed by atoms with E-state index in [1.165, 1.54) is 6.07 Å². The van der Waals surface area contributed by atoms with Crippen LogP contribution in [0.3, 0.4) is 0 Å². The average Bonchev–Trinajstić information content (AvgIpc) is 2.72. The first kappa shape index (κ1) is 16.0. The molecular formula is C13H13Br2N3O3. The molecule has 0 aliphatic rings. The second kappa shape index (κ2) is 6.57. The van der Waals surface area contributed by atoms with Crippen molar-refractivity contribution in [3.05, 3.63) is 48.6 Å². The molecule has 0 fully saturated rings. The number of nitro benzene ring substituents is 1. The molecule has 0 bridgehead atoms. The lowest BCUT2D eigenvalue weighted by Crippen LogP contribution is -2.07. The third-order valence-corrected chi connectivity index (χ3v) is 4.46. The van der Waals surface area contributed by atoms with Crippen LogP contribution < -0.4 is 4.74 Å². The Kier molecular flexibility index (Phi) is 5.00. The smallest absolute Gasteiger partial charge is 0.312 e. The van der Waals surface area contributed by atoms with Crippen LogP contribution in [-0.2, 0) is 13.2 Å². The minimum atomic E-state index is -0.461. The van der Waals surface area contributed by atoms with Crippen LogP contribution in [0.5, 0.6) is 5.75 Å². The molecular weight excluding hydrogens is 406 g/mol. The van der Waals surface area contributed by atoms with Gasteiger partial charge in [-0.15, -0.1) is 0 Å². The van der Waals surface area contributed by atoms with Crippen molar-refractivity contribution in [1.29, 1.82) is 0 Å². The van der Waals surface area contributed by atoms with Crippen molar-refractivity contribution in [3.63, 3.8) is 0 Å². The summed E-state index contributed by atoms with van der Waals surface area (Å²) < 4.78 is 8.93. The molecule has 0 aliphatic heterocycles. The number of nitro groups is 1. The largest absolute Gasteiger partial charge is 0.480 e. The lowest BCUT2D eigenvalue weighted by molar-refractivity contribution is -0.386. The summed E-state index contributed by atoms with van der Waals surface area (Å²) in [7, 11) is 0. The van der Waals surface area contributed by atoms with E-state index in [9.17, 15) is 10.1 Å². The first-order valence-corrected chi connectivity index (χ1v) is 7.81. The minimum Gasteiger partial charge on any atom is -0.480 e. The topological polar surface area (TPSA) is 70.2 Å². The summed E-state index contributed by atoms with van der Waals surface area (Å²) in [4.78, 5) is 10.6. The fourth-order valence-corrected chi connectivity index (χ4v) is 2.66. The van der Waals surface area contributed by atoms with Crippen LogP contribution in [0.2, 0.25) is 0 Å². The van der Waals surface area contributed by atoms with Gasteiger partial charge in [0.05, 0.1) is 20.8 Å². The monoisotopic (exact) mass is 417 g/mol. The van der Waals surface area contributed by atoms with Crippen molar-refractivity contribution >= 4 is 37.5 Å².